The van der Waals surface area contributed by atoms with Crippen LogP contribution in [0.4, 0.5) is 27.0 Å². The molecule has 1 saturated heterocycles. The third-order valence-electron chi connectivity index (χ3n) is 14.5. The number of anilines is 3. The first-order valence-electron chi connectivity index (χ1n) is 26.1. The Hall–Kier alpha value is -6.85. The molecule has 4 aromatic carbocycles. The summed E-state index contributed by atoms with van der Waals surface area (Å²) in [6.07, 6.45) is 3.39. The average Bonchev–Trinajstić information content (AvgIpc) is 3.99. The highest BCUT2D eigenvalue weighted by molar-refractivity contribution is 6.74. The van der Waals surface area contributed by atoms with Gasteiger partial charge in [-0.05, 0) is 109 Å². The third kappa shape index (κ3) is 13.6. The lowest BCUT2D eigenvalue weighted by Gasteiger charge is -2.36. The van der Waals surface area contributed by atoms with Crippen molar-refractivity contribution in [2.75, 3.05) is 35.7 Å². The smallest absolute Gasteiger partial charge is 0.414 e. The van der Waals surface area contributed by atoms with E-state index in [4.69, 9.17) is 18.9 Å². The van der Waals surface area contributed by atoms with E-state index in [-0.39, 0.29) is 42.1 Å². The number of alkyl carbamates (subject to hydrolysis) is 1. The van der Waals surface area contributed by atoms with Crippen molar-refractivity contribution in [1.29, 1.82) is 0 Å². The van der Waals surface area contributed by atoms with E-state index in [1.807, 2.05) is 74.5 Å². The van der Waals surface area contributed by atoms with Gasteiger partial charge in [-0.2, -0.15) is 4.98 Å². The number of benzene rings is 4. The van der Waals surface area contributed by atoms with Crippen LogP contribution in [0.1, 0.15) is 110 Å². The minimum atomic E-state index is -1.91. The Balaban J connectivity index is 0.884. The van der Waals surface area contributed by atoms with Crippen LogP contribution in [-0.2, 0) is 34.9 Å². The Morgan fingerprint density at radius 2 is 1.45 bits per heavy atom. The summed E-state index contributed by atoms with van der Waals surface area (Å²) < 4.78 is 17.8. The van der Waals surface area contributed by atoms with Gasteiger partial charge in [0.15, 0.2) is 8.32 Å². The standard InChI is InChI=1S/C57H74N8O8Si/c1-10-11-19-39(31-33-73-74(8,9)57(5,6)7)59-50-45-24-16-17-25-47(45)61-54(63-50)64-56(70)71-34-38-27-29-40(30-28-38)60-52(67)49(36(2)3)62-51(66)48-26-18-32-65(48)53(68)37(4)58-55(69)72-35-46-43-22-14-12-20-41(43)42-21-13-15-23-44(42)46/h12-17,20-25,27-30,36-37,39,46,48-49H,10-11,18-19,26,31-35H2,1-9H3,(H,58,69)(H,60,67)(H,62,66)(H2,59,61,63,64,70)/t37-,39+,48+,49+/m1/s1. The van der Waals surface area contributed by atoms with E-state index in [0.717, 1.165) is 53.3 Å². The van der Waals surface area contributed by atoms with Crippen LogP contribution < -0.4 is 26.6 Å². The molecule has 4 atom stereocenters. The number of carbonyl (C=O) groups excluding carboxylic acids is 5. The Kier molecular flexibility index (Phi) is 18.1. The molecule has 2 aliphatic rings. The summed E-state index contributed by atoms with van der Waals surface area (Å²) in [4.78, 5) is 78.1. The second kappa shape index (κ2) is 24.5. The van der Waals surface area contributed by atoms with Crippen LogP contribution in [0.15, 0.2) is 97.1 Å². The number of amides is 5. The number of carbonyl (C=O) groups is 5. The van der Waals surface area contributed by atoms with Crippen molar-refractivity contribution in [1.82, 2.24) is 25.5 Å². The monoisotopic (exact) mass is 1030 g/mol. The van der Waals surface area contributed by atoms with E-state index >= 15 is 0 Å². The lowest BCUT2D eigenvalue weighted by atomic mass is 9.98. The van der Waals surface area contributed by atoms with Gasteiger partial charge in [0.05, 0.1) is 5.52 Å². The van der Waals surface area contributed by atoms with Crippen molar-refractivity contribution < 1.29 is 37.9 Å². The number of likely N-dealkylation sites (tertiary alicyclic amines) is 1. The number of hydrogen-bond donors (Lipinski definition) is 5. The molecule has 0 saturated carbocycles. The van der Waals surface area contributed by atoms with Crippen LogP contribution in [0.3, 0.4) is 0 Å². The summed E-state index contributed by atoms with van der Waals surface area (Å²) in [7, 11) is -1.91. The number of hydrogen-bond acceptors (Lipinski definition) is 11. The zero-order valence-electron chi connectivity index (χ0n) is 44.4. The van der Waals surface area contributed by atoms with Crippen molar-refractivity contribution in [3.63, 3.8) is 0 Å². The van der Waals surface area contributed by atoms with Crippen molar-refractivity contribution in [2.45, 2.75) is 142 Å². The Morgan fingerprint density at radius 1 is 0.784 bits per heavy atom. The minimum Gasteiger partial charge on any atom is -0.449 e. The molecular weight excluding hydrogens is 953 g/mol. The van der Waals surface area contributed by atoms with Crippen LogP contribution in [0.2, 0.25) is 18.1 Å². The normalized spacial score (nSPS) is 15.6. The third-order valence-corrected chi connectivity index (χ3v) is 19.1. The van der Waals surface area contributed by atoms with Gasteiger partial charge in [-0.25, -0.2) is 14.6 Å². The second-order valence-corrected chi connectivity index (χ2v) is 26.1. The fraction of sp³-hybridized carbons (Fsp3) is 0.456. The molecular formula is C57H74N8O8Si. The van der Waals surface area contributed by atoms with Crippen molar-refractivity contribution in [2.24, 2.45) is 5.92 Å². The quantitative estimate of drug-likeness (QED) is 0.0438. The van der Waals surface area contributed by atoms with E-state index in [2.05, 4.69) is 84.5 Å². The predicted molar refractivity (Wildman–Crippen MR) is 292 cm³/mol. The number of aromatic nitrogens is 2. The molecule has 2 heterocycles. The number of para-hydroxylation sites is 1. The minimum absolute atomic E-state index is 0.0623. The highest BCUT2D eigenvalue weighted by Crippen LogP contribution is 2.44. The maximum atomic E-state index is 13.8. The molecule has 1 aliphatic carbocycles. The van der Waals surface area contributed by atoms with Crippen LogP contribution >= 0.6 is 0 Å². The number of rotatable bonds is 21. The van der Waals surface area contributed by atoms with Gasteiger partial charge >= 0.3 is 12.2 Å². The van der Waals surface area contributed by atoms with Crippen molar-refractivity contribution >= 4 is 66.6 Å². The predicted octanol–water partition coefficient (Wildman–Crippen LogP) is 10.8. The molecule has 5 amide bonds. The van der Waals surface area contributed by atoms with Crippen LogP contribution in [0.25, 0.3) is 22.0 Å². The topological polar surface area (TPSA) is 202 Å². The Labute approximate surface area is 436 Å². The van der Waals surface area contributed by atoms with E-state index in [9.17, 15) is 24.0 Å². The fourth-order valence-electron chi connectivity index (χ4n) is 9.24. The first-order chi connectivity index (χ1) is 35.3. The first kappa shape index (κ1) is 54.9. The molecule has 394 valence electrons. The van der Waals surface area contributed by atoms with Crippen LogP contribution in [-0.4, -0.2) is 97.0 Å². The molecule has 5 N–H and O–H groups in total. The molecule has 0 bridgehead atoms. The lowest BCUT2D eigenvalue weighted by Crippen LogP contribution is -2.56. The fourth-order valence-corrected chi connectivity index (χ4v) is 10.3. The van der Waals surface area contributed by atoms with Crippen LogP contribution in [0.5, 0.6) is 0 Å². The van der Waals surface area contributed by atoms with E-state index in [1.165, 1.54) is 4.90 Å². The molecule has 17 heteroatoms. The van der Waals surface area contributed by atoms with Gasteiger partial charge in [-0.15, -0.1) is 0 Å². The summed E-state index contributed by atoms with van der Waals surface area (Å²) in [5.41, 5.74) is 6.19. The number of ether oxygens (including phenoxy) is 2. The second-order valence-electron chi connectivity index (χ2n) is 21.3. The molecule has 16 nitrogen and oxygen atoms in total. The maximum Gasteiger partial charge on any atom is 0.414 e. The SMILES string of the molecule is CCCC[C@@H](CCO[Si](C)(C)C(C)(C)C)Nc1nc(NC(=O)OCc2ccc(NC(=O)[C@@H](NC(=O)[C@@H]3CCCN3C(=O)[C@@H](C)NC(=O)OCC3c4ccccc4-c4ccccc43)C(C)C)cc2)nc2ccccc12. The Bertz CT molecular complexity index is 2740. The zero-order valence-corrected chi connectivity index (χ0v) is 45.4. The number of unbranched alkanes of at least 4 members (excludes halogenated alkanes) is 1. The van der Waals surface area contributed by atoms with E-state index < -0.39 is 56.4 Å². The molecule has 1 aliphatic heterocycles. The average molecular weight is 1030 g/mol. The van der Waals surface area contributed by atoms with Gasteiger partial charge in [0, 0.05) is 36.2 Å². The van der Waals surface area contributed by atoms with Gasteiger partial charge in [0.25, 0.3) is 0 Å². The highest BCUT2D eigenvalue weighted by Gasteiger charge is 2.39. The highest BCUT2D eigenvalue weighted by atomic mass is 28.4. The molecule has 74 heavy (non-hydrogen) atoms. The Morgan fingerprint density at radius 3 is 2.11 bits per heavy atom. The van der Waals surface area contributed by atoms with Crippen molar-refractivity contribution in [3.8, 4) is 11.1 Å². The van der Waals surface area contributed by atoms with E-state index in [0.29, 0.717) is 48.6 Å². The molecule has 0 radical (unpaired) electrons. The molecule has 5 aromatic rings. The number of fused-ring (bicyclic) bond motifs is 4. The summed E-state index contributed by atoms with van der Waals surface area (Å²) in [5.74, 6) is -0.999. The van der Waals surface area contributed by atoms with Gasteiger partial charge in [-0.1, -0.05) is 127 Å². The van der Waals surface area contributed by atoms with Crippen molar-refractivity contribution in [3.05, 3.63) is 114 Å². The molecule has 0 spiro atoms. The summed E-state index contributed by atoms with van der Waals surface area (Å²) in [6, 6.07) is 28.0. The van der Waals surface area contributed by atoms with Gasteiger partial charge in [0.1, 0.15) is 37.2 Å². The molecule has 1 fully saturated rings. The molecule has 7 rings (SSSR count). The van der Waals surface area contributed by atoms with E-state index in [1.54, 1.807) is 31.2 Å². The van der Waals surface area contributed by atoms with Gasteiger partial charge in [-0.3, -0.25) is 19.7 Å². The van der Waals surface area contributed by atoms with Gasteiger partial charge in [0.2, 0.25) is 23.7 Å². The summed E-state index contributed by atoms with van der Waals surface area (Å²) in [5, 5.41) is 15.7. The number of nitrogens with zero attached hydrogens (tertiary/aromatic N) is 3. The molecule has 1 aromatic heterocycles. The molecule has 0 unspecified atom stereocenters. The first-order valence-corrected chi connectivity index (χ1v) is 29.0. The largest absolute Gasteiger partial charge is 0.449 e. The lowest BCUT2D eigenvalue weighted by molar-refractivity contribution is -0.140. The van der Waals surface area contributed by atoms with Crippen LogP contribution in [0, 0.1) is 5.92 Å². The maximum absolute atomic E-state index is 13.8. The number of nitrogens with one attached hydrogen (secondary N) is 5. The van der Waals surface area contributed by atoms with Gasteiger partial charge < -0.3 is 40.1 Å². The zero-order chi connectivity index (χ0) is 53.2. The summed E-state index contributed by atoms with van der Waals surface area (Å²) in [6.45, 7) is 19.6. The summed E-state index contributed by atoms with van der Waals surface area (Å²) >= 11 is 0.